The van der Waals surface area contributed by atoms with Gasteiger partial charge in [0.25, 0.3) is 0 Å². The molecule has 0 aromatic heterocycles. The van der Waals surface area contributed by atoms with Crippen LogP contribution in [0.1, 0.15) is 32.3 Å². The Morgan fingerprint density at radius 3 is 2.29 bits per heavy atom. The molecule has 1 rings (SSSR count). The third-order valence-corrected chi connectivity index (χ3v) is 2.50. The zero-order valence-electron chi connectivity index (χ0n) is 9.25. The van der Waals surface area contributed by atoms with Crippen molar-refractivity contribution in [1.82, 2.24) is 0 Å². The number of nitrogens with two attached hydrogens (primary N) is 1. The van der Waals surface area contributed by atoms with E-state index in [0.717, 1.165) is 5.69 Å². The summed E-state index contributed by atoms with van der Waals surface area (Å²) in [6.07, 6.45) is 1.98. The zero-order valence-corrected chi connectivity index (χ0v) is 9.25. The molecule has 1 heteroatoms. The van der Waals surface area contributed by atoms with Crippen LogP contribution >= 0.6 is 0 Å². The highest BCUT2D eigenvalue weighted by atomic mass is 14.6. The molecule has 2 N–H and O–H groups in total. The Balaban J connectivity index is 3.14. The van der Waals surface area contributed by atoms with Gasteiger partial charge in [-0.25, -0.2) is 0 Å². The summed E-state index contributed by atoms with van der Waals surface area (Å²) in [4.78, 5) is 0. The molecule has 0 radical (unpaired) electrons. The van der Waals surface area contributed by atoms with E-state index in [-0.39, 0.29) is 5.41 Å². The van der Waals surface area contributed by atoms with E-state index in [4.69, 9.17) is 5.73 Å². The molecule has 76 valence electrons. The van der Waals surface area contributed by atoms with Crippen molar-refractivity contribution in [2.75, 3.05) is 5.73 Å². The molecule has 1 nitrogen and oxygen atoms in total. The lowest BCUT2D eigenvalue weighted by molar-refractivity contribution is 0.367. The highest BCUT2D eigenvalue weighted by Crippen LogP contribution is 2.38. The van der Waals surface area contributed by atoms with Crippen molar-refractivity contribution >= 4 is 5.69 Å². The molecule has 0 aliphatic heterocycles. The Morgan fingerprint density at radius 1 is 1.29 bits per heavy atom. The molecule has 1 atom stereocenters. The molecule has 0 saturated carbocycles. The molecule has 1 aromatic rings. The molecule has 0 spiro atoms. The van der Waals surface area contributed by atoms with Crippen LogP contribution in [0.5, 0.6) is 0 Å². The van der Waals surface area contributed by atoms with E-state index in [0.29, 0.717) is 5.92 Å². The van der Waals surface area contributed by atoms with Crippen molar-refractivity contribution in [3.8, 4) is 0 Å². The first-order chi connectivity index (χ1) is 6.46. The van der Waals surface area contributed by atoms with Crippen LogP contribution < -0.4 is 5.73 Å². The molecule has 0 bridgehead atoms. The topological polar surface area (TPSA) is 26.0 Å². The molecule has 1 aromatic carbocycles. The van der Waals surface area contributed by atoms with E-state index in [1.54, 1.807) is 0 Å². The maximum atomic E-state index is 5.95. The first-order valence-corrected chi connectivity index (χ1v) is 4.93. The van der Waals surface area contributed by atoms with Crippen LogP contribution in [0.2, 0.25) is 0 Å². The minimum atomic E-state index is 0.164. The Hall–Kier alpha value is -1.24. The van der Waals surface area contributed by atoms with Gasteiger partial charge in [-0.2, -0.15) is 0 Å². The predicted molar refractivity (Wildman–Crippen MR) is 63.2 cm³/mol. The van der Waals surface area contributed by atoms with Gasteiger partial charge < -0.3 is 5.73 Å². The van der Waals surface area contributed by atoms with Crippen LogP contribution in [-0.4, -0.2) is 0 Å². The first kappa shape index (κ1) is 10.8. The van der Waals surface area contributed by atoms with Crippen LogP contribution in [0.25, 0.3) is 0 Å². The molecule has 0 saturated heterocycles. The molecule has 0 aliphatic carbocycles. The van der Waals surface area contributed by atoms with Gasteiger partial charge in [-0.05, 0) is 17.0 Å². The van der Waals surface area contributed by atoms with Crippen molar-refractivity contribution in [1.29, 1.82) is 0 Å². The van der Waals surface area contributed by atoms with E-state index < -0.39 is 0 Å². The van der Waals surface area contributed by atoms with E-state index in [1.165, 1.54) is 5.56 Å². The summed E-state index contributed by atoms with van der Waals surface area (Å²) in [6.45, 7) is 10.5. The monoisotopic (exact) mass is 189 g/mol. The first-order valence-electron chi connectivity index (χ1n) is 4.93. The van der Waals surface area contributed by atoms with Gasteiger partial charge in [0.1, 0.15) is 0 Å². The van der Waals surface area contributed by atoms with Crippen molar-refractivity contribution in [2.45, 2.75) is 26.7 Å². The second kappa shape index (κ2) is 3.87. The summed E-state index contributed by atoms with van der Waals surface area (Å²) in [6, 6.07) is 8.00. The molecule has 0 fully saturated rings. The van der Waals surface area contributed by atoms with Gasteiger partial charge in [0.15, 0.2) is 0 Å². The van der Waals surface area contributed by atoms with Crippen molar-refractivity contribution < 1.29 is 0 Å². The molecular formula is C13H19N. The second-order valence-corrected chi connectivity index (χ2v) is 4.71. The maximum Gasteiger partial charge on any atom is 0.0352 e. The van der Waals surface area contributed by atoms with Gasteiger partial charge in [-0.1, -0.05) is 45.0 Å². The Bertz CT molecular complexity index is 320. The minimum absolute atomic E-state index is 0.164. The molecular weight excluding hydrogens is 170 g/mol. The molecule has 0 heterocycles. The number of nitrogen functional groups attached to an aromatic ring is 1. The smallest absolute Gasteiger partial charge is 0.0352 e. The SMILES string of the molecule is C=CC(c1ccccc1N)C(C)(C)C. The van der Waals surface area contributed by atoms with Crippen LogP contribution in [0, 0.1) is 5.41 Å². The third kappa shape index (κ3) is 2.16. The Morgan fingerprint density at radius 2 is 1.86 bits per heavy atom. The Labute approximate surface area is 86.6 Å². The summed E-state index contributed by atoms with van der Waals surface area (Å²) in [5, 5.41) is 0. The molecule has 14 heavy (non-hydrogen) atoms. The molecule has 1 unspecified atom stereocenters. The number of allylic oxidation sites excluding steroid dienone is 1. The van der Waals surface area contributed by atoms with Gasteiger partial charge in [0, 0.05) is 11.6 Å². The fraction of sp³-hybridized carbons (Fsp3) is 0.385. The van der Waals surface area contributed by atoms with Gasteiger partial charge in [0.2, 0.25) is 0 Å². The summed E-state index contributed by atoms with van der Waals surface area (Å²) >= 11 is 0. The van der Waals surface area contributed by atoms with Gasteiger partial charge in [-0.15, -0.1) is 6.58 Å². The van der Waals surface area contributed by atoms with Crippen LogP contribution in [-0.2, 0) is 0 Å². The fourth-order valence-electron chi connectivity index (χ4n) is 1.74. The quantitative estimate of drug-likeness (QED) is 0.558. The van der Waals surface area contributed by atoms with Gasteiger partial charge in [0.05, 0.1) is 0 Å². The lowest BCUT2D eigenvalue weighted by atomic mass is 9.76. The van der Waals surface area contributed by atoms with E-state index in [9.17, 15) is 0 Å². The standard InChI is InChI=1S/C13H19N/c1-5-11(13(2,3)4)10-8-6-7-9-12(10)14/h5-9,11H,1,14H2,2-4H3. The molecule has 0 aliphatic rings. The normalized spacial score (nSPS) is 13.6. The lowest BCUT2D eigenvalue weighted by Gasteiger charge is -2.29. The highest BCUT2D eigenvalue weighted by molar-refractivity contribution is 5.50. The van der Waals surface area contributed by atoms with Crippen molar-refractivity contribution in [3.63, 3.8) is 0 Å². The second-order valence-electron chi connectivity index (χ2n) is 4.71. The van der Waals surface area contributed by atoms with Gasteiger partial charge >= 0.3 is 0 Å². The lowest BCUT2D eigenvalue weighted by Crippen LogP contribution is -2.17. The average molecular weight is 189 g/mol. The van der Waals surface area contributed by atoms with E-state index in [1.807, 2.05) is 24.3 Å². The number of hydrogen-bond donors (Lipinski definition) is 1. The predicted octanol–water partition coefficient (Wildman–Crippen LogP) is 3.58. The Kier molecular flexibility index (Phi) is 3.00. The van der Waals surface area contributed by atoms with E-state index >= 15 is 0 Å². The van der Waals surface area contributed by atoms with Crippen molar-refractivity contribution in [2.24, 2.45) is 5.41 Å². The maximum absolute atomic E-state index is 5.95. The molecule has 0 amide bonds. The zero-order chi connectivity index (χ0) is 10.8. The number of rotatable bonds is 2. The van der Waals surface area contributed by atoms with Crippen LogP contribution in [0.4, 0.5) is 5.69 Å². The van der Waals surface area contributed by atoms with E-state index in [2.05, 4.69) is 33.4 Å². The largest absolute Gasteiger partial charge is 0.398 e. The van der Waals surface area contributed by atoms with Crippen LogP contribution in [0.3, 0.4) is 0 Å². The highest BCUT2D eigenvalue weighted by Gasteiger charge is 2.24. The minimum Gasteiger partial charge on any atom is -0.398 e. The fourth-order valence-corrected chi connectivity index (χ4v) is 1.74. The van der Waals surface area contributed by atoms with Crippen LogP contribution in [0.15, 0.2) is 36.9 Å². The number of benzene rings is 1. The third-order valence-electron chi connectivity index (χ3n) is 2.50. The summed E-state index contributed by atoms with van der Waals surface area (Å²) in [5.41, 5.74) is 8.14. The summed E-state index contributed by atoms with van der Waals surface area (Å²) < 4.78 is 0. The number of anilines is 1. The summed E-state index contributed by atoms with van der Waals surface area (Å²) in [7, 11) is 0. The summed E-state index contributed by atoms with van der Waals surface area (Å²) in [5.74, 6) is 0.309. The number of para-hydroxylation sites is 1. The number of hydrogen-bond acceptors (Lipinski definition) is 1. The average Bonchev–Trinajstić information content (AvgIpc) is 2.07. The van der Waals surface area contributed by atoms with Gasteiger partial charge in [-0.3, -0.25) is 0 Å². The van der Waals surface area contributed by atoms with Crippen molar-refractivity contribution in [3.05, 3.63) is 42.5 Å².